The van der Waals surface area contributed by atoms with Gasteiger partial charge in [-0.1, -0.05) is 15.9 Å². The van der Waals surface area contributed by atoms with Gasteiger partial charge in [0.2, 0.25) is 0 Å². The molecule has 0 saturated carbocycles. The lowest BCUT2D eigenvalue weighted by Crippen LogP contribution is -1.97. The highest BCUT2D eigenvalue weighted by atomic mass is 79.9. The molecule has 1 N–H and O–H groups in total. The average Bonchev–Trinajstić information content (AvgIpc) is 2.48. The van der Waals surface area contributed by atoms with Crippen LogP contribution in [0.4, 0.5) is 15.9 Å². The van der Waals surface area contributed by atoms with E-state index in [1.165, 1.54) is 11.8 Å². The Morgan fingerprint density at radius 2 is 2.00 bits per heavy atom. The molecule has 2 nitrogen and oxygen atoms in total. The molecule has 1 aliphatic rings. The Kier molecular flexibility index (Phi) is 2.59. The Balaban J connectivity index is 2.07. The van der Waals surface area contributed by atoms with Crippen LogP contribution in [0.5, 0.6) is 0 Å². The molecule has 0 amide bonds. The number of fused-ring (bicyclic) bond motifs is 2. The van der Waals surface area contributed by atoms with Gasteiger partial charge in [0.1, 0.15) is 11.6 Å². The Morgan fingerprint density at radius 1 is 1.18 bits per heavy atom. The van der Waals surface area contributed by atoms with Crippen LogP contribution in [-0.2, 0) is 12.8 Å². The molecule has 2 heterocycles. The fourth-order valence-corrected chi connectivity index (χ4v) is 2.48. The first-order valence-corrected chi connectivity index (χ1v) is 6.21. The maximum absolute atomic E-state index is 13.1. The van der Waals surface area contributed by atoms with E-state index in [2.05, 4.69) is 32.3 Å². The third-order valence-electron chi connectivity index (χ3n) is 2.92. The van der Waals surface area contributed by atoms with Crippen molar-refractivity contribution in [2.24, 2.45) is 0 Å². The molecule has 1 aliphatic heterocycles. The molecular weight excluding hydrogens is 283 g/mol. The first kappa shape index (κ1) is 10.7. The summed E-state index contributed by atoms with van der Waals surface area (Å²) in [6, 6.07) is 7.64. The summed E-state index contributed by atoms with van der Waals surface area (Å²) >= 11 is 3.46. The second kappa shape index (κ2) is 4.11. The molecule has 0 aliphatic carbocycles. The van der Waals surface area contributed by atoms with Gasteiger partial charge in [-0.15, -0.1) is 0 Å². The van der Waals surface area contributed by atoms with Crippen LogP contribution >= 0.6 is 15.9 Å². The lowest BCUT2D eigenvalue weighted by molar-refractivity contribution is 0.619. The van der Waals surface area contributed by atoms with Gasteiger partial charge in [-0.25, -0.2) is 9.37 Å². The average molecular weight is 293 g/mol. The topological polar surface area (TPSA) is 24.9 Å². The van der Waals surface area contributed by atoms with E-state index in [0.717, 1.165) is 34.4 Å². The van der Waals surface area contributed by atoms with E-state index in [-0.39, 0.29) is 5.82 Å². The normalized spacial score (nSPS) is 13.3. The number of nitrogens with zero attached hydrogens (tertiary/aromatic N) is 1. The van der Waals surface area contributed by atoms with Crippen molar-refractivity contribution in [3.63, 3.8) is 0 Å². The summed E-state index contributed by atoms with van der Waals surface area (Å²) in [4.78, 5) is 4.10. The minimum absolute atomic E-state index is 0.280. The van der Waals surface area contributed by atoms with Crippen molar-refractivity contribution in [2.75, 3.05) is 5.32 Å². The molecule has 3 rings (SSSR count). The van der Waals surface area contributed by atoms with Gasteiger partial charge in [0, 0.05) is 10.2 Å². The summed E-state index contributed by atoms with van der Waals surface area (Å²) < 4.78 is 14.2. The molecule has 0 unspecified atom stereocenters. The molecule has 0 radical (unpaired) electrons. The largest absolute Gasteiger partial charge is 0.340 e. The molecule has 1 aromatic carbocycles. The Labute approximate surface area is 107 Å². The van der Waals surface area contributed by atoms with Gasteiger partial charge in [-0.3, -0.25) is 0 Å². The molecule has 0 bridgehead atoms. The second-order valence-corrected chi connectivity index (χ2v) is 5.00. The van der Waals surface area contributed by atoms with E-state index < -0.39 is 0 Å². The standard InChI is InChI=1S/C13H10BrFN2/c14-10-3-4-12-8(5-10)1-2-9-6-11(15)7-16-13(9)17-12/h3-7H,1-2H2,(H,16,17). The molecule has 0 spiro atoms. The highest BCUT2D eigenvalue weighted by Crippen LogP contribution is 2.30. The smallest absolute Gasteiger partial charge is 0.141 e. The van der Waals surface area contributed by atoms with E-state index in [1.54, 1.807) is 6.07 Å². The van der Waals surface area contributed by atoms with Crippen LogP contribution in [0, 0.1) is 5.82 Å². The van der Waals surface area contributed by atoms with Crippen LogP contribution < -0.4 is 5.32 Å². The number of hydrogen-bond acceptors (Lipinski definition) is 2. The van der Waals surface area contributed by atoms with Crippen LogP contribution in [0.3, 0.4) is 0 Å². The van der Waals surface area contributed by atoms with Gasteiger partial charge in [0.25, 0.3) is 0 Å². The van der Waals surface area contributed by atoms with E-state index in [4.69, 9.17) is 0 Å². The number of aromatic nitrogens is 1. The van der Waals surface area contributed by atoms with Crippen molar-refractivity contribution in [3.8, 4) is 0 Å². The molecule has 0 fully saturated rings. The summed E-state index contributed by atoms with van der Waals surface area (Å²) in [5, 5.41) is 3.26. The maximum Gasteiger partial charge on any atom is 0.141 e. The maximum atomic E-state index is 13.1. The summed E-state index contributed by atoms with van der Waals surface area (Å²) in [5.41, 5.74) is 3.20. The van der Waals surface area contributed by atoms with Crippen LogP contribution in [0.2, 0.25) is 0 Å². The van der Waals surface area contributed by atoms with Crippen molar-refractivity contribution in [1.29, 1.82) is 0 Å². The molecule has 0 saturated heterocycles. The van der Waals surface area contributed by atoms with Crippen LogP contribution in [-0.4, -0.2) is 4.98 Å². The zero-order valence-corrected chi connectivity index (χ0v) is 10.6. The number of anilines is 2. The van der Waals surface area contributed by atoms with Gasteiger partial charge in [-0.05, 0) is 48.2 Å². The highest BCUT2D eigenvalue weighted by molar-refractivity contribution is 9.10. The lowest BCUT2D eigenvalue weighted by Gasteiger charge is -2.08. The van der Waals surface area contributed by atoms with Crippen molar-refractivity contribution in [2.45, 2.75) is 12.8 Å². The van der Waals surface area contributed by atoms with Crippen molar-refractivity contribution >= 4 is 27.4 Å². The Morgan fingerprint density at radius 3 is 2.88 bits per heavy atom. The third-order valence-corrected chi connectivity index (χ3v) is 3.41. The molecule has 1 aromatic heterocycles. The molecule has 17 heavy (non-hydrogen) atoms. The summed E-state index contributed by atoms with van der Waals surface area (Å²) in [6.07, 6.45) is 2.94. The van der Waals surface area contributed by atoms with Crippen molar-refractivity contribution in [1.82, 2.24) is 4.98 Å². The SMILES string of the molecule is Fc1cnc2c(c1)CCc1cc(Br)ccc1N2. The van der Waals surface area contributed by atoms with E-state index in [9.17, 15) is 4.39 Å². The molecule has 4 heteroatoms. The summed E-state index contributed by atoms with van der Waals surface area (Å²) in [7, 11) is 0. The monoisotopic (exact) mass is 292 g/mol. The van der Waals surface area contributed by atoms with Crippen molar-refractivity contribution < 1.29 is 4.39 Å². The number of hydrogen-bond donors (Lipinski definition) is 1. The minimum atomic E-state index is -0.280. The number of halogens is 2. The van der Waals surface area contributed by atoms with Gasteiger partial charge < -0.3 is 5.32 Å². The zero-order valence-electron chi connectivity index (χ0n) is 9.00. The number of rotatable bonds is 0. The summed E-state index contributed by atoms with van der Waals surface area (Å²) in [5.74, 6) is 0.477. The van der Waals surface area contributed by atoms with Gasteiger partial charge >= 0.3 is 0 Å². The fourth-order valence-electron chi connectivity index (χ4n) is 2.07. The number of nitrogens with one attached hydrogen (secondary N) is 1. The first-order chi connectivity index (χ1) is 8.22. The van der Waals surface area contributed by atoms with Gasteiger partial charge in [0.05, 0.1) is 6.20 Å². The molecule has 2 aromatic rings. The predicted octanol–water partition coefficient (Wildman–Crippen LogP) is 3.83. The summed E-state index contributed by atoms with van der Waals surface area (Å²) in [6.45, 7) is 0. The number of aryl methyl sites for hydroxylation is 2. The van der Waals surface area contributed by atoms with Crippen molar-refractivity contribution in [3.05, 3.63) is 51.9 Å². The highest BCUT2D eigenvalue weighted by Gasteiger charge is 2.14. The van der Waals surface area contributed by atoms with E-state index in [0.29, 0.717) is 0 Å². The molecule has 86 valence electrons. The third kappa shape index (κ3) is 2.05. The fraction of sp³-hybridized carbons (Fsp3) is 0.154. The lowest BCUT2D eigenvalue weighted by atomic mass is 10.1. The van der Waals surface area contributed by atoms with Crippen LogP contribution in [0.1, 0.15) is 11.1 Å². The Hall–Kier alpha value is -1.42. The van der Waals surface area contributed by atoms with E-state index in [1.807, 2.05) is 12.1 Å². The van der Waals surface area contributed by atoms with E-state index >= 15 is 0 Å². The minimum Gasteiger partial charge on any atom is -0.340 e. The zero-order chi connectivity index (χ0) is 11.8. The quantitative estimate of drug-likeness (QED) is 0.798. The van der Waals surface area contributed by atoms with Crippen LogP contribution in [0.25, 0.3) is 0 Å². The number of pyridine rings is 1. The predicted molar refractivity (Wildman–Crippen MR) is 69.0 cm³/mol. The van der Waals surface area contributed by atoms with Gasteiger partial charge in [0.15, 0.2) is 0 Å². The first-order valence-electron chi connectivity index (χ1n) is 5.42. The number of benzene rings is 1. The second-order valence-electron chi connectivity index (χ2n) is 4.09. The Bertz CT molecular complexity index is 532. The molecule has 0 atom stereocenters. The molecular formula is C13H10BrFN2. The van der Waals surface area contributed by atoms with Crippen LogP contribution in [0.15, 0.2) is 34.9 Å². The van der Waals surface area contributed by atoms with Gasteiger partial charge in [-0.2, -0.15) is 0 Å².